The number of hydrogen-bond donors (Lipinski definition) is 2. The summed E-state index contributed by atoms with van der Waals surface area (Å²) < 4.78 is 5.77. The van der Waals surface area contributed by atoms with Gasteiger partial charge in [-0.1, -0.05) is 13.0 Å². The van der Waals surface area contributed by atoms with E-state index in [2.05, 4.69) is 31.5 Å². The third-order valence-electron chi connectivity index (χ3n) is 5.59. The number of fused-ring (bicyclic) bond motifs is 1. The lowest BCUT2D eigenvalue weighted by Crippen LogP contribution is -2.46. The number of amides is 2. The summed E-state index contributed by atoms with van der Waals surface area (Å²) in [4.78, 5) is 32.6. The van der Waals surface area contributed by atoms with E-state index < -0.39 is 6.10 Å². The van der Waals surface area contributed by atoms with Crippen LogP contribution in [0, 0.1) is 0 Å². The Bertz CT molecular complexity index is 923. The Balaban J connectivity index is 1.34. The zero-order valence-corrected chi connectivity index (χ0v) is 17.4. The van der Waals surface area contributed by atoms with Crippen molar-refractivity contribution >= 4 is 23.2 Å². The van der Waals surface area contributed by atoms with Gasteiger partial charge in [0, 0.05) is 39.8 Å². The second-order valence-corrected chi connectivity index (χ2v) is 7.58. The molecule has 1 atom stereocenters. The molecule has 8 heteroatoms. The fraction of sp³-hybridized carbons (Fsp3) is 0.409. The number of carbonyl (C=O) groups is 2. The van der Waals surface area contributed by atoms with Crippen LogP contribution in [0.25, 0.3) is 0 Å². The van der Waals surface area contributed by atoms with Gasteiger partial charge in [0.1, 0.15) is 11.4 Å². The SMILES string of the molecule is CC[C@H]1Oc2ccc(CN3CCN(c4ccc(C(=O)NC)nc4)CC3)cc2NC1=O. The number of hydrogen-bond acceptors (Lipinski definition) is 6. The number of anilines is 2. The lowest BCUT2D eigenvalue weighted by Gasteiger charge is -2.36. The predicted octanol–water partition coefficient (Wildman–Crippen LogP) is 1.87. The van der Waals surface area contributed by atoms with Crippen LogP contribution in [0.2, 0.25) is 0 Å². The maximum atomic E-state index is 12.1. The molecule has 4 rings (SSSR count). The number of rotatable bonds is 5. The second-order valence-electron chi connectivity index (χ2n) is 7.58. The molecule has 0 bridgehead atoms. The van der Waals surface area contributed by atoms with Gasteiger partial charge in [0.05, 0.1) is 17.6 Å². The summed E-state index contributed by atoms with van der Waals surface area (Å²) >= 11 is 0. The van der Waals surface area contributed by atoms with E-state index in [1.165, 1.54) is 0 Å². The Morgan fingerprint density at radius 3 is 2.70 bits per heavy atom. The van der Waals surface area contributed by atoms with E-state index in [-0.39, 0.29) is 11.8 Å². The molecule has 2 N–H and O–H groups in total. The molecule has 1 aromatic carbocycles. The monoisotopic (exact) mass is 409 g/mol. The minimum absolute atomic E-state index is 0.0770. The maximum Gasteiger partial charge on any atom is 0.269 e. The fourth-order valence-corrected chi connectivity index (χ4v) is 3.82. The molecule has 1 saturated heterocycles. The summed E-state index contributed by atoms with van der Waals surface area (Å²) in [5.74, 6) is 0.484. The van der Waals surface area contributed by atoms with Crippen LogP contribution in [-0.2, 0) is 11.3 Å². The number of ether oxygens (including phenoxy) is 1. The van der Waals surface area contributed by atoms with Crippen molar-refractivity contribution in [2.24, 2.45) is 0 Å². The van der Waals surface area contributed by atoms with Gasteiger partial charge in [0.2, 0.25) is 0 Å². The molecule has 2 amide bonds. The molecular weight excluding hydrogens is 382 g/mol. The van der Waals surface area contributed by atoms with Crippen molar-refractivity contribution in [3.05, 3.63) is 47.8 Å². The maximum absolute atomic E-state index is 12.1. The van der Waals surface area contributed by atoms with Gasteiger partial charge in [-0.3, -0.25) is 14.5 Å². The van der Waals surface area contributed by atoms with Crippen molar-refractivity contribution in [3.63, 3.8) is 0 Å². The Morgan fingerprint density at radius 1 is 1.23 bits per heavy atom. The fourth-order valence-electron chi connectivity index (χ4n) is 3.82. The molecule has 0 unspecified atom stereocenters. The lowest BCUT2D eigenvalue weighted by molar-refractivity contribution is -0.123. The topological polar surface area (TPSA) is 86.8 Å². The summed E-state index contributed by atoms with van der Waals surface area (Å²) in [7, 11) is 1.60. The van der Waals surface area contributed by atoms with Gasteiger partial charge in [-0.25, -0.2) is 4.98 Å². The lowest BCUT2D eigenvalue weighted by atomic mass is 10.1. The molecule has 0 saturated carbocycles. The summed E-state index contributed by atoms with van der Waals surface area (Å²) in [5.41, 5.74) is 3.36. The average Bonchev–Trinajstić information content (AvgIpc) is 2.78. The predicted molar refractivity (Wildman–Crippen MR) is 115 cm³/mol. The van der Waals surface area contributed by atoms with E-state index in [0.29, 0.717) is 12.1 Å². The molecular formula is C22H27N5O3. The first-order valence-corrected chi connectivity index (χ1v) is 10.3. The number of aromatic nitrogens is 1. The Hall–Kier alpha value is -3.13. The highest BCUT2D eigenvalue weighted by Gasteiger charge is 2.26. The van der Waals surface area contributed by atoms with Crippen molar-refractivity contribution in [2.45, 2.75) is 26.0 Å². The van der Waals surface area contributed by atoms with E-state index in [1.54, 1.807) is 19.3 Å². The van der Waals surface area contributed by atoms with Crippen LogP contribution in [0.1, 0.15) is 29.4 Å². The van der Waals surface area contributed by atoms with Crippen molar-refractivity contribution in [2.75, 3.05) is 43.4 Å². The second kappa shape index (κ2) is 8.71. The van der Waals surface area contributed by atoms with Gasteiger partial charge >= 0.3 is 0 Å². The highest BCUT2D eigenvalue weighted by atomic mass is 16.5. The molecule has 2 aromatic rings. The quantitative estimate of drug-likeness (QED) is 0.784. The molecule has 0 radical (unpaired) electrons. The molecule has 158 valence electrons. The molecule has 1 aromatic heterocycles. The van der Waals surface area contributed by atoms with Gasteiger partial charge in [0.15, 0.2) is 6.10 Å². The number of nitrogens with one attached hydrogen (secondary N) is 2. The van der Waals surface area contributed by atoms with Crippen LogP contribution in [0.15, 0.2) is 36.5 Å². The first-order valence-electron chi connectivity index (χ1n) is 10.3. The first kappa shape index (κ1) is 20.2. The van der Waals surface area contributed by atoms with E-state index in [0.717, 1.165) is 55.4 Å². The molecule has 2 aliphatic heterocycles. The highest BCUT2D eigenvalue weighted by Crippen LogP contribution is 2.31. The van der Waals surface area contributed by atoms with Crippen LogP contribution >= 0.6 is 0 Å². The van der Waals surface area contributed by atoms with Crippen LogP contribution in [0.3, 0.4) is 0 Å². The van der Waals surface area contributed by atoms with Crippen LogP contribution in [0.5, 0.6) is 5.75 Å². The molecule has 0 aliphatic carbocycles. The third kappa shape index (κ3) is 4.23. The third-order valence-corrected chi connectivity index (χ3v) is 5.59. The summed E-state index contributed by atoms with van der Waals surface area (Å²) in [6.07, 6.45) is 2.01. The van der Waals surface area contributed by atoms with E-state index >= 15 is 0 Å². The summed E-state index contributed by atoms with van der Waals surface area (Å²) in [6.45, 7) is 6.40. The molecule has 8 nitrogen and oxygen atoms in total. The normalized spacial score (nSPS) is 18.9. The van der Waals surface area contributed by atoms with Crippen molar-refractivity contribution < 1.29 is 14.3 Å². The Labute approximate surface area is 176 Å². The smallest absolute Gasteiger partial charge is 0.269 e. The molecule has 30 heavy (non-hydrogen) atoms. The average molecular weight is 409 g/mol. The molecule has 0 spiro atoms. The minimum Gasteiger partial charge on any atom is -0.478 e. The van der Waals surface area contributed by atoms with Crippen LogP contribution in [-0.4, -0.2) is 61.0 Å². The zero-order chi connectivity index (χ0) is 21.1. The van der Waals surface area contributed by atoms with Crippen molar-refractivity contribution in [1.29, 1.82) is 0 Å². The van der Waals surface area contributed by atoms with Gasteiger partial charge in [-0.05, 0) is 36.2 Å². The van der Waals surface area contributed by atoms with Crippen LogP contribution < -0.4 is 20.3 Å². The Kier molecular flexibility index (Phi) is 5.85. The van der Waals surface area contributed by atoms with Crippen LogP contribution in [0.4, 0.5) is 11.4 Å². The standard InChI is InChI=1S/C22H27N5O3/c1-3-19-22(29)25-18-12-15(4-7-20(18)30-19)14-26-8-10-27(11-9-26)16-5-6-17(24-13-16)21(28)23-2/h4-7,12-13,19H,3,8-11,14H2,1-2H3,(H,23,28)(H,25,29)/t19-/m1/s1. The number of pyridine rings is 1. The van der Waals surface area contributed by atoms with E-state index in [9.17, 15) is 9.59 Å². The molecule has 1 fully saturated rings. The minimum atomic E-state index is -0.406. The van der Waals surface area contributed by atoms with Gasteiger partial charge in [-0.2, -0.15) is 0 Å². The first-order chi connectivity index (χ1) is 14.6. The highest BCUT2D eigenvalue weighted by molar-refractivity contribution is 5.97. The zero-order valence-electron chi connectivity index (χ0n) is 17.4. The van der Waals surface area contributed by atoms with Gasteiger partial charge in [-0.15, -0.1) is 0 Å². The number of piperazine rings is 1. The summed E-state index contributed by atoms with van der Waals surface area (Å²) in [5, 5.41) is 5.54. The van der Waals surface area contributed by atoms with E-state index in [4.69, 9.17) is 4.74 Å². The largest absolute Gasteiger partial charge is 0.478 e. The number of benzene rings is 1. The van der Waals surface area contributed by atoms with Crippen molar-refractivity contribution in [1.82, 2.24) is 15.2 Å². The van der Waals surface area contributed by atoms with Crippen molar-refractivity contribution in [3.8, 4) is 5.75 Å². The van der Waals surface area contributed by atoms with E-state index in [1.807, 2.05) is 25.1 Å². The summed E-state index contributed by atoms with van der Waals surface area (Å²) in [6, 6.07) is 9.72. The molecule has 3 heterocycles. The molecule has 2 aliphatic rings. The van der Waals surface area contributed by atoms with Gasteiger partial charge in [0.25, 0.3) is 11.8 Å². The Morgan fingerprint density at radius 2 is 2.03 bits per heavy atom. The number of nitrogens with zero attached hydrogens (tertiary/aromatic N) is 3. The van der Waals surface area contributed by atoms with Gasteiger partial charge < -0.3 is 20.3 Å². The number of carbonyl (C=O) groups excluding carboxylic acids is 2.